The second kappa shape index (κ2) is 6.41. The first kappa shape index (κ1) is 15.1. The van der Waals surface area contributed by atoms with Gasteiger partial charge in [-0.05, 0) is 65.9 Å². The minimum Gasteiger partial charge on any atom is -0.377 e. The fourth-order valence-electron chi connectivity index (χ4n) is 1.76. The minimum atomic E-state index is -0.232. The molecule has 19 heavy (non-hydrogen) atoms. The van der Waals surface area contributed by atoms with Crippen LogP contribution in [0, 0.1) is 9.39 Å². The van der Waals surface area contributed by atoms with Crippen LogP contribution in [-0.4, -0.2) is 0 Å². The van der Waals surface area contributed by atoms with Crippen molar-refractivity contribution in [2.75, 3.05) is 5.32 Å². The summed E-state index contributed by atoms with van der Waals surface area (Å²) in [6, 6.07) is 10.5. The molecule has 0 fully saturated rings. The fourth-order valence-corrected chi connectivity index (χ4v) is 3.05. The monoisotopic (exact) mass is 453 g/mol. The Labute approximate surface area is 138 Å². The third kappa shape index (κ3) is 3.83. The third-order valence-electron chi connectivity index (χ3n) is 2.73. The van der Waals surface area contributed by atoms with E-state index in [2.05, 4.69) is 43.8 Å². The molecule has 0 bridgehead atoms. The highest BCUT2D eigenvalue weighted by molar-refractivity contribution is 14.1. The van der Waals surface area contributed by atoms with Gasteiger partial charge in [-0.2, -0.15) is 0 Å². The van der Waals surface area contributed by atoms with Gasteiger partial charge in [-0.3, -0.25) is 0 Å². The molecule has 0 aliphatic heterocycles. The standard InChI is InChI=1S/C14H11BrClFIN/c1-8(11-6-9(15)2-4-13(11)17)19-14-5-3-10(18)7-12(14)16/h2-8,19H,1H3. The Hall–Kier alpha value is -0.330. The lowest BCUT2D eigenvalue weighted by molar-refractivity contribution is 0.600. The van der Waals surface area contributed by atoms with Crippen molar-refractivity contribution >= 4 is 55.8 Å². The van der Waals surface area contributed by atoms with Crippen molar-refractivity contribution in [2.45, 2.75) is 13.0 Å². The molecular weight excluding hydrogens is 443 g/mol. The van der Waals surface area contributed by atoms with E-state index in [1.807, 2.05) is 25.1 Å². The van der Waals surface area contributed by atoms with Gasteiger partial charge in [-0.1, -0.05) is 27.5 Å². The molecule has 0 spiro atoms. The van der Waals surface area contributed by atoms with Crippen LogP contribution in [0.25, 0.3) is 0 Å². The molecule has 0 saturated heterocycles. The number of halogens is 4. The van der Waals surface area contributed by atoms with Crippen molar-refractivity contribution < 1.29 is 4.39 Å². The SMILES string of the molecule is CC(Nc1ccc(I)cc1Cl)c1cc(Br)ccc1F. The zero-order valence-corrected chi connectivity index (χ0v) is 14.6. The molecule has 5 heteroatoms. The van der Waals surface area contributed by atoms with Crippen LogP contribution in [0.3, 0.4) is 0 Å². The largest absolute Gasteiger partial charge is 0.377 e. The number of hydrogen-bond acceptors (Lipinski definition) is 1. The zero-order chi connectivity index (χ0) is 14.0. The van der Waals surface area contributed by atoms with Crippen molar-refractivity contribution in [2.24, 2.45) is 0 Å². The molecule has 1 nitrogen and oxygen atoms in total. The molecule has 0 radical (unpaired) electrons. The first-order valence-electron chi connectivity index (χ1n) is 5.64. The molecule has 100 valence electrons. The molecular formula is C14H11BrClFIN. The molecule has 1 atom stereocenters. The van der Waals surface area contributed by atoms with E-state index >= 15 is 0 Å². The van der Waals surface area contributed by atoms with Crippen molar-refractivity contribution in [1.29, 1.82) is 0 Å². The van der Waals surface area contributed by atoms with E-state index in [4.69, 9.17) is 11.6 Å². The lowest BCUT2D eigenvalue weighted by Crippen LogP contribution is -2.09. The zero-order valence-electron chi connectivity index (χ0n) is 10.1. The van der Waals surface area contributed by atoms with Crippen molar-refractivity contribution in [3.05, 3.63) is 60.8 Å². The van der Waals surface area contributed by atoms with Crippen molar-refractivity contribution in [3.8, 4) is 0 Å². The van der Waals surface area contributed by atoms with Gasteiger partial charge in [0, 0.05) is 13.6 Å². The molecule has 0 aromatic heterocycles. The van der Waals surface area contributed by atoms with Crippen LogP contribution in [0.4, 0.5) is 10.1 Å². The Morgan fingerprint density at radius 1 is 1.26 bits per heavy atom. The predicted molar refractivity (Wildman–Crippen MR) is 90.3 cm³/mol. The molecule has 0 saturated carbocycles. The fraction of sp³-hybridized carbons (Fsp3) is 0.143. The summed E-state index contributed by atoms with van der Waals surface area (Å²) in [6.45, 7) is 1.90. The van der Waals surface area contributed by atoms with E-state index in [0.717, 1.165) is 13.7 Å². The van der Waals surface area contributed by atoms with Crippen LogP contribution in [0.5, 0.6) is 0 Å². The summed E-state index contributed by atoms with van der Waals surface area (Å²) >= 11 is 11.7. The number of anilines is 1. The smallest absolute Gasteiger partial charge is 0.128 e. The summed E-state index contributed by atoms with van der Waals surface area (Å²) in [4.78, 5) is 0. The maximum Gasteiger partial charge on any atom is 0.128 e. The van der Waals surface area contributed by atoms with Crippen LogP contribution in [0.15, 0.2) is 40.9 Å². The van der Waals surface area contributed by atoms with Crippen LogP contribution >= 0.6 is 50.1 Å². The lowest BCUT2D eigenvalue weighted by atomic mass is 10.1. The van der Waals surface area contributed by atoms with E-state index in [-0.39, 0.29) is 11.9 Å². The van der Waals surface area contributed by atoms with E-state index in [1.165, 1.54) is 6.07 Å². The Morgan fingerprint density at radius 2 is 2.00 bits per heavy atom. The number of hydrogen-bond donors (Lipinski definition) is 1. The molecule has 2 aromatic rings. The second-order valence-electron chi connectivity index (χ2n) is 4.16. The second-order valence-corrected chi connectivity index (χ2v) is 6.72. The molecule has 0 amide bonds. The van der Waals surface area contributed by atoms with Gasteiger partial charge < -0.3 is 5.32 Å². The van der Waals surface area contributed by atoms with Gasteiger partial charge in [0.25, 0.3) is 0 Å². The summed E-state index contributed by atoms with van der Waals surface area (Å²) in [5.74, 6) is -0.232. The highest BCUT2D eigenvalue weighted by atomic mass is 127. The van der Waals surface area contributed by atoms with Crippen LogP contribution < -0.4 is 5.32 Å². The van der Waals surface area contributed by atoms with E-state index < -0.39 is 0 Å². The summed E-state index contributed by atoms with van der Waals surface area (Å²) in [5, 5.41) is 3.86. The molecule has 0 aliphatic rings. The van der Waals surface area contributed by atoms with Crippen molar-refractivity contribution in [3.63, 3.8) is 0 Å². The van der Waals surface area contributed by atoms with Gasteiger partial charge >= 0.3 is 0 Å². The van der Waals surface area contributed by atoms with Gasteiger partial charge in [0.05, 0.1) is 16.8 Å². The summed E-state index contributed by atoms with van der Waals surface area (Å²) in [7, 11) is 0. The third-order valence-corrected chi connectivity index (χ3v) is 4.20. The Kier molecular flexibility index (Phi) is 5.09. The van der Waals surface area contributed by atoms with Gasteiger partial charge in [0.2, 0.25) is 0 Å². The van der Waals surface area contributed by atoms with Crippen molar-refractivity contribution in [1.82, 2.24) is 0 Å². The average molecular weight is 455 g/mol. The lowest BCUT2D eigenvalue weighted by Gasteiger charge is -2.18. The van der Waals surface area contributed by atoms with Gasteiger partial charge in [-0.15, -0.1) is 0 Å². The molecule has 0 aliphatic carbocycles. The first-order valence-corrected chi connectivity index (χ1v) is 7.89. The molecule has 1 N–H and O–H groups in total. The van der Waals surface area contributed by atoms with E-state index in [9.17, 15) is 4.39 Å². The summed E-state index contributed by atoms with van der Waals surface area (Å²) in [5.41, 5.74) is 1.40. The van der Waals surface area contributed by atoms with E-state index in [1.54, 1.807) is 12.1 Å². The molecule has 2 aromatic carbocycles. The molecule has 0 heterocycles. The van der Waals surface area contributed by atoms with Crippen LogP contribution in [0.1, 0.15) is 18.5 Å². The van der Waals surface area contributed by atoms with Gasteiger partial charge in [-0.25, -0.2) is 4.39 Å². The quantitative estimate of drug-likeness (QED) is 0.560. The summed E-state index contributed by atoms with van der Waals surface area (Å²) < 4.78 is 15.7. The molecule has 1 unspecified atom stereocenters. The first-order chi connectivity index (χ1) is 8.97. The number of nitrogens with one attached hydrogen (secondary N) is 1. The highest BCUT2D eigenvalue weighted by Crippen LogP contribution is 2.29. The minimum absolute atomic E-state index is 0.171. The number of benzene rings is 2. The summed E-state index contributed by atoms with van der Waals surface area (Å²) in [6.07, 6.45) is 0. The normalized spacial score (nSPS) is 12.3. The molecule has 2 rings (SSSR count). The predicted octanol–water partition coefficient (Wildman–Crippen LogP) is 6.02. The van der Waals surface area contributed by atoms with Crippen LogP contribution in [0.2, 0.25) is 5.02 Å². The van der Waals surface area contributed by atoms with Gasteiger partial charge in [0.15, 0.2) is 0 Å². The Morgan fingerprint density at radius 3 is 2.68 bits per heavy atom. The Bertz CT molecular complexity index is 606. The van der Waals surface area contributed by atoms with Crippen LogP contribution in [-0.2, 0) is 0 Å². The number of rotatable bonds is 3. The average Bonchev–Trinajstić information content (AvgIpc) is 2.35. The van der Waals surface area contributed by atoms with Gasteiger partial charge in [0.1, 0.15) is 5.82 Å². The Balaban J connectivity index is 2.25. The van der Waals surface area contributed by atoms with E-state index in [0.29, 0.717) is 10.6 Å². The maximum atomic E-state index is 13.8. The maximum absolute atomic E-state index is 13.8. The topological polar surface area (TPSA) is 12.0 Å². The highest BCUT2D eigenvalue weighted by Gasteiger charge is 2.12.